The number of H-pyrrole nitrogens is 2. The van der Waals surface area contributed by atoms with Crippen LogP contribution in [-0.4, -0.2) is 93.1 Å². The second kappa shape index (κ2) is 19.3. The van der Waals surface area contributed by atoms with E-state index < -0.39 is 24.3 Å². The molecule has 14 nitrogen and oxygen atoms in total. The van der Waals surface area contributed by atoms with Gasteiger partial charge >= 0.3 is 12.2 Å². The lowest BCUT2D eigenvalue weighted by molar-refractivity contribution is -0.136. The molecule has 0 unspecified atom stereocenters. The van der Waals surface area contributed by atoms with Crippen LogP contribution in [0.4, 0.5) is 9.59 Å². The van der Waals surface area contributed by atoms with Crippen LogP contribution in [0.5, 0.6) is 0 Å². The normalized spacial score (nSPS) is 22.9. The number of likely N-dealkylation sites (tertiary alicyclic amines) is 2. The van der Waals surface area contributed by atoms with Gasteiger partial charge in [-0.2, -0.15) is 0 Å². The number of benzene rings is 3. The molecule has 5 aromatic rings. The minimum Gasteiger partial charge on any atom is -0.453 e. The Balaban J connectivity index is 0.932. The van der Waals surface area contributed by atoms with E-state index in [4.69, 9.17) is 19.4 Å². The number of aromatic nitrogens is 4. The summed E-state index contributed by atoms with van der Waals surface area (Å²) in [6, 6.07) is 20.4. The summed E-state index contributed by atoms with van der Waals surface area (Å²) >= 11 is 0. The van der Waals surface area contributed by atoms with E-state index in [1.807, 2.05) is 49.9 Å². The maximum atomic E-state index is 13.9. The van der Waals surface area contributed by atoms with Crippen LogP contribution in [0.3, 0.4) is 0 Å². The van der Waals surface area contributed by atoms with E-state index in [1.54, 1.807) is 0 Å². The Bertz CT molecular complexity index is 2460. The van der Waals surface area contributed by atoms with Crippen molar-refractivity contribution in [3.05, 3.63) is 95.8 Å². The zero-order valence-electron chi connectivity index (χ0n) is 40.6. The van der Waals surface area contributed by atoms with Gasteiger partial charge in [-0.05, 0) is 119 Å². The standard InChI is InChI=1S/C54H66N8O6/c1-29(2)47(59-53(65)67-7)51(63)61-27-31(5)23-43(61)49-55-25-41(57-49)35-13-9-33(10-14-35)39-21-22-40(46-38-19-17-37(18-20-38)45(39)46)34-11-15-36(16-12-34)42-26-56-50(58-42)44-24-32(6)28-62(44)52(64)48(30(3)4)60-54(66)68-8/h9-16,21-22,25-26,29-32,37-38,43-44,47-48H,17-20,23-24,27-28H2,1-8H3,(H,55,57)(H,56,58)(H,59,65)(H,60,66)/t31-,32-,37?,38?,43+,44+,47+,48+/m1/s1. The van der Waals surface area contributed by atoms with Gasteiger partial charge in [0.25, 0.3) is 0 Å². The van der Waals surface area contributed by atoms with Gasteiger partial charge in [-0.15, -0.1) is 0 Å². The summed E-state index contributed by atoms with van der Waals surface area (Å²) in [5.41, 5.74) is 11.8. The van der Waals surface area contributed by atoms with Crippen molar-refractivity contribution < 1.29 is 28.7 Å². The number of amides is 4. The molecule has 2 saturated heterocycles. The number of rotatable bonds is 12. The van der Waals surface area contributed by atoms with Gasteiger partial charge in [0, 0.05) is 13.1 Å². The number of nitrogens with zero attached hydrogens (tertiary/aromatic N) is 4. The van der Waals surface area contributed by atoms with Crippen molar-refractivity contribution in [3.8, 4) is 44.8 Å². The molecule has 2 aliphatic heterocycles. The zero-order valence-corrected chi connectivity index (χ0v) is 40.6. The van der Waals surface area contributed by atoms with E-state index in [9.17, 15) is 19.2 Å². The fourth-order valence-electron chi connectivity index (χ4n) is 11.5. The molecule has 358 valence electrons. The van der Waals surface area contributed by atoms with E-state index in [1.165, 1.54) is 73.3 Å². The summed E-state index contributed by atoms with van der Waals surface area (Å²) in [5, 5.41) is 5.49. The molecule has 2 bridgehead atoms. The molecule has 0 radical (unpaired) electrons. The number of ether oxygens (including phenoxy) is 2. The third-order valence-electron chi connectivity index (χ3n) is 15.0. The molecule has 4 N–H and O–H groups in total. The Morgan fingerprint density at radius 3 is 1.26 bits per heavy atom. The van der Waals surface area contributed by atoms with Crippen molar-refractivity contribution in [3.63, 3.8) is 0 Å². The molecule has 14 heteroatoms. The van der Waals surface area contributed by atoms with Gasteiger partial charge in [-0.3, -0.25) is 9.59 Å². The topological polar surface area (TPSA) is 175 Å². The fraction of sp³-hybridized carbons (Fsp3) is 0.481. The van der Waals surface area contributed by atoms with Crippen LogP contribution >= 0.6 is 0 Å². The molecule has 4 heterocycles. The molecule has 3 aliphatic carbocycles. The number of aromatic amines is 2. The number of hydrogen-bond donors (Lipinski definition) is 4. The third kappa shape index (κ3) is 9.01. The number of hydrogen-bond acceptors (Lipinski definition) is 8. The van der Waals surface area contributed by atoms with Gasteiger partial charge in [0.05, 0.1) is 50.1 Å². The Morgan fingerprint density at radius 1 is 0.574 bits per heavy atom. The monoisotopic (exact) mass is 923 g/mol. The molecule has 4 amide bonds. The maximum Gasteiger partial charge on any atom is 0.407 e. The van der Waals surface area contributed by atoms with Gasteiger partial charge in [-0.1, -0.05) is 102 Å². The molecule has 3 fully saturated rings. The number of alkyl carbamates (subject to hydrolysis) is 2. The highest BCUT2D eigenvalue weighted by atomic mass is 16.5. The van der Waals surface area contributed by atoms with Gasteiger partial charge in [0.1, 0.15) is 23.7 Å². The Hall–Kier alpha value is -6.44. The molecule has 68 heavy (non-hydrogen) atoms. The summed E-state index contributed by atoms with van der Waals surface area (Å²) in [6.07, 6.45) is 8.89. The van der Waals surface area contributed by atoms with Crippen LogP contribution in [0.25, 0.3) is 44.8 Å². The first-order valence-corrected chi connectivity index (χ1v) is 24.5. The number of carbonyl (C=O) groups is 4. The number of methoxy groups -OCH3 is 2. The van der Waals surface area contributed by atoms with Gasteiger partial charge in [0.15, 0.2) is 0 Å². The van der Waals surface area contributed by atoms with Gasteiger partial charge in [0.2, 0.25) is 11.8 Å². The van der Waals surface area contributed by atoms with E-state index in [-0.39, 0.29) is 47.6 Å². The second-order valence-electron chi connectivity index (χ2n) is 20.5. The summed E-state index contributed by atoms with van der Waals surface area (Å²) in [7, 11) is 2.61. The maximum absolute atomic E-state index is 13.9. The Morgan fingerprint density at radius 2 is 0.926 bits per heavy atom. The molecule has 1 saturated carbocycles. The second-order valence-corrected chi connectivity index (χ2v) is 20.5. The van der Waals surface area contributed by atoms with Crippen molar-refractivity contribution in [1.29, 1.82) is 0 Å². The van der Waals surface area contributed by atoms with E-state index >= 15 is 0 Å². The van der Waals surface area contributed by atoms with E-state index in [2.05, 4.69) is 95.1 Å². The average molecular weight is 923 g/mol. The van der Waals surface area contributed by atoms with E-state index in [0.717, 1.165) is 47.0 Å². The third-order valence-corrected chi connectivity index (χ3v) is 15.0. The van der Waals surface area contributed by atoms with Crippen molar-refractivity contribution in [2.75, 3.05) is 27.3 Å². The lowest BCUT2D eigenvalue weighted by Crippen LogP contribution is -2.51. The van der Waals surface area contributed by atoms with Crippen LogP contribution in [-0.2, 0) is 19.1 Å². The molecular weight excluding hydrogens is 857 g/mol. The first kappa shape index (κ1) is 46.7. The predicted octanol–water partition coefficient (Wildman–Crippen LogP) is 10.1. The van der Waals surface area contributed by atoms with Crippen LogP contribution in [0.2, 0.25) is 0 Å². The largest absolute Gasteiger partial charge is 0.453 e. The van der Waals surface area contributed by atoms with Crippen molar-refractivity contribution in [1.82, 2.24) is 40.4 Å². The van der Waals surface area contributed by atoms with Crippen LogP contribution in [0.15, 0.2) is 73.1 Å². The van der Waals surface area contributed by atoms with Crippen molar-refractivity contribution in [2.24, 2.45) is 23.7 Å². The van der Waals surface area contributed by atoms with Gasteiger partial charge in [-0.25, -0.2) is 19.6 Å². The highest BCUT2D eigenvalue weighted by Gasteiger charge is 2.42. The van der Waals surface area contributed by atoms with Crippen LogP contribution in [0.1, 0.15) is 127 Å². The molecule has 10 rings (SSSR count). The summed E-state index contributed by atoms with van der Waals surface area (Å²) in [5.74, 6) is 2.64. The molecule has 6 atom stereocenters. The van der Waals surface area contributed by atoms with Crippen LogP contribution < -0.4 is 10.6 Å². The summed E-state index contributed by atoms with van der Waals surface area (Å²) in [6.45, 7) is 13.2. The molecular formula is C54H66N8O6. The average Bonchev–Trinajstić information content (AvgIpc) is 4.19. The van der Waals surface area contributed by atoms with E-state index in [0.29, 0.717) is 24.9 Å². The summed E-state index contributed by atoms with van der Waals surface area (Å²) in [4.78, 5) is 72.4. The number of nitrogens with one attached hydrogen (secondary N) is 4. The zero-order chi connectivity index (χ0) is 48.0. The van der Waals surface area contributed by atoms with Crippen molar-refractivity contribution in [2.45, 2.75) is 116 Å². The smallest absolute Gasteiger partial charge is 0.407 e. The SMILES string of the molecule is COC(=O)N[C@H](C(=O)N1C[C@H](C)C[C@H]1c1ncc(-c2ccc(-c3ccc(-c4ccc(-c5cnc([C@@H]6C[C@@H](C)CN6C(=O)[C@@H](NC(=O)OC)C(C)C)[nH]5)cc4)c4c3C3CCC4CC3)cc2)[nH]1)C(C)C. The minimum atomic E-state index is -0.696. The van der Waals surface area contributed by atoms with Crippen LogP contribution in [0, 0.1) is 23.7 Å². The Labute approximate surface area is 399 Å². The Kier molecular flexibility index (Phi) is 13.2. The van der Waals surface area contributed by atoms with Gasteiger partial charge < -0.3 is 39.9 Å². The number of fused-ring (bicyclic) bond motifs is 2. The fourth-order valence-corrected chi connectivity index (χ4v) is 11.5. The molecule has 3 aromatic carbocycles. The molecule has 0 spiro atoms. The highest BCUT2D eigenvalue weighted by molar-refractivity contribution is 5.87. The lowest BCUT2D eigenvalue weighted by Gasteiger charge is -2.41. The number of imidazole rings is 2. The first-order chi connectivity index (χ1) is 32.7. The predicted molar refractivity (Wildman–Crippen MR) is 261 cm³/mol. The summed E-state index contributed by atoms with van der Waals surface area (Å²) < 4.78 is 9.65. The minimum absolute atomic E-state index is 0.111. The lowest BCUT2D eigenvalue weighted by atomic mass is 9.63. The molecule has 2 aromatic heterocycles. The first-order valence-electron chi connectivity index (χ1n) is 24.5. The molecule has 5 aliphatic rings. The number of carbonyl (C=O) groups excluding carboxylic acids is 4. The quantitative estimate of drug-likeness (QED) is 0.0957. The van der Waals surface area contributed by atoms with Crippen molar-refractivity contribution >= 4 is 24.0 Å². The highest BCUT2D eigenvalue weighted by Crippen LogP contribution is 2.55.